The number of benzene rings is 3. The number of anilines is 3. The molecule has 5 heterocycles. The number of carbonyl (C=O) groups is 6. The van der Waals surface area contributed by atoms with Crippen molar-refractivity contribution in [1.82, 2.24) is 19.8 Å². The number of aliphatic carboxylic acids is 1. The molecule has 1 aliphatic carbocycles. The third kappa shape index (κ3) is 13.5. The molecule has 5 aromatic rings. The number of nitrogens with zero attached hydrogens (tertiary/aromatic N) is 5. The van der Waals surface area contributed by atoms with Crippen LogP contribution in [0.4, 0.5) is 30.4 Å². The van der Waals surface area contributed by atoms with E-state index >= 15 is 0 Å². The summed E-state index contributed by atoms with van der Waals surface area (Å²) in [5.41, 5.74) is 11.4. The molecule has 0 bridgehead atoms. The second kappa shape index (κ2) is 25.3. The Hall–Kier alpha value is -7.85. The number of fused-ring (bicyclic) bond motifs is 2. The molecular weight excluding hydrogens is 1070 g/mol. The number of nitrogen functional groups attached to an aromatic ring is 1. The van der Waals surface area contributed by atoms with Gasteiger partial charge in [0.25, 0.3) is 11.8 Å². The molecule has 0 saturated carbocycles. The normalized spacial score (nSPS) is 19.4. The SMILES string of the molecule is Cn1cc(-c2ccc3c(c2)CCN3C(=O)Cc2cccc(C(F)(F)F)c2)c2c(N)nc[n+](Cc3ccc(O[C@@H]4O[C@H](C(=O)O)[C@@H](O)[C@H](O)[C@H]4O)c(NC(=O)CCNC(=O)CCOCCOCCOCCN4C(=O)C5=C(C5)C4=O)c3)c21.[CH3-]. The highest BCUT2D eigenvalue weighted by molar-refractivity contribution is 6.25. The number of aliphatic hydroxyl groups excluding tert-OH is 3. The van der Waals surface area contributed by atoms with E-state index in [1.54, 1.807) is 27.7 Å². The summed E-state index contributed by atoms with van der Waals surface area (Å²) in [6.07, 6.45) is -10.3. The Morgan fingerprint density at radius 3 is 2.30 bits per heavy atom. The number of piperidine rings is 1. The van der Waals surface area contributed by atoms with Crippen LogP contribution in [0.3, 0.4) is 0 Å². The molecule has 0 unspecified atom stereocenters. The molecule has 3 aliphatic heterocycles. The van der Waals surface area contributed by atoms with Crippen LogP contribution in [0.25, 0.3) is 22.2 Å². The first-order chi connectivity index (χ1) is 38.3. The first kappa shape index (κ1) is 59.3. The predicted molar refractivity (Wildman–Crippen MR) is 281 cm³/mol. The first-order valence-corrected chi connectivity index (χ1v) is 25.6. The fourth-order valence-corrected chi connectivity index (χ4v) is 9.75. The lowest BCUT2D eigenvalue weighted by atomic mass is 9.99. The Balaban J connectivity index is 0.00000860. The van der Waals surface area contributed by atoms with Crippen LogP contribution in [0.1, 0.15) is 41.5 Å². The van der Waals surface area contributed by atoms with Crippen molar-refractivity contribution in [1.29, 1.82) is 0 Å². The van der Waals surface area contributed by atoms with E-state index < -0.39 is 60.2 Å². The number of carboxylic acids is 1. The minimum atomic E-state index is -4.54. The van der Waals surface area contributed by atoms with Crippen molar-refractivity contribution in [3.05, 3.63) is 114 Å². The predicted octanol–water partition coefficient (Wildman–Crippen LogP) is 1.98. The van der Waals surface area contributed by atoms with Gasteiger partial charge in [-0.2, -0.15) is 13.2 Å². The summed E-state index contributed by atoms with van der Waals surface area (Å²) in [6, 6.07) is 14.9. The van der Waals surface area contributed by atoms with Crippen LogP contribution in [-0.4, -0.2) is 160 Å². The lowest BCUT2D eigenvalue weighted by Crippen LogP contribution is -2.61. The number of aromatic nitrogens is 3. The summed E-state index contributed by atoms with van der Waals surface area (Å²) in [5, 5.41) is 47.1. The zero-order valence-corrected chi connectivity index (χ0v) is 44.1. The minimum Gasteiger partial charge on any atom is -0.479 e. The highest BCUT2D eigenvalue weighted by Crippen LogP contribution is 2.41. The van der Waals surface area contributed by atoms with E-state index in [4.69, 9.17) is 29.4 Å². The van der Waals surface area contributed by atoms with E-state index in [1.807, 2.05) is 29.9 Å². The topological polar surface area (TPSA) is 308 Å². The van der Waals surface area contributed by atoms with E-state index in [2.05, 4.69) is 15.6 Å². The average Bonchev–Trinajstić information content (AvgIpc) is 4.17. The summed E-state index contributed by atoms with van der Waals surface area (Å²) >= 11 is 0. The molecule has 9 rings (SSSR count). The summed E-state index contributed by atoms with van der Waals surface area (Å²) in [4.78, 5) is 82.6. The van der Waals surface area contributed by atoms with Gasteiger partial charge >= 0.3 is 12.1 Å². The molecule has 5 amide bonds. The van der Waals surface area contributed by atoms with Crippen LogP contribution in [0.2, 0.25) is 0 Å². The van der Waals surface area contributed by atoms with Gasteiger partial charge in [0.05, 0.1) is 83.6 Å². The van der Waals surface area contributed by atoms with Gasteiger partial charge in [-0.1, -0.05) is 35.3 Å². The maximum Gasteiger partial charge on any atom is 0.416 e. The highest BCUT2D eigenvalue weighted by atomic mass is 19.4. The van der Waals surface area contributed by atoms with Crippen LogP contribution in [0.15, 0.2) is 84.3 Å². The molecule has 8 N–H and O–H groups in total. The van der Waals surface area contributed by atoms with Gasteiger partial charge in [-0.25, -0.2) is 9.36 Å². The first-order valence-electron chi connectivity index (χ1n) is 25.6. The van der Waals surface area contributed by atoms with Gasteiger partial charge in [0.15, 0.2) is 6.10 Å². The van der Waals surface area contributed by atoms with Gasteiger partial charge in [0.2, 0.25) is 41.8 Å². The fraction of sp³-hybridized carbons (Fsp3) is 0.400. The van der Waals surface area contributed by atoms with Crippen molar-refractivity contribution in [2.24, 2.45) is 7.05 Å². The van der Waals surface area contributed by atoms with E-state index in [-0.39, 0.29) is 127 Å². The number of hydrogen-bond donors (Lipinski definition) is 7. The summed E-state index contributed by atoms with van der Waals surface area (Å²) in [7, 11) is 1.81. The van der Waals surface area contributed by atoms with Crippen LogP contribution in [0, 0.1) is 7.43 Å². The number of carbonyl (C=O) groups excluding carboxylic acids is 5. The monoisotopic (exact) mass is 1130 g/mol. The van der Waals surface area contributed by atoms with Crippen molar-refractivity contribution in [3.8, 4) is 16.9 Å². The van der Waals surface area contributed by atoms with Crippen LogP contribution < -0.4 is 30.6 Å². The third-order valence-electron chi connectivity index (χ3n) is 13.9. The van der Waals surface area contributed by atoms with Crippen molar-refractivity contribution in [2.75, 3.05) is 75.2 Å². The van der Waals surface area contributed by atoms with E-state index in [1.165, 1.54) is 29.4 Å². The summed E-state index contributed by atoms with van der Waals surface area (Å²) in [5.74, 6) is -3.35. The van der Waals surface area contributed by atoms with Crippen molar-refractivity contribution in [2.45, 2.75) is 75.5 Å². The van der Waals surface area contributed by atoms with Gasteiger partial charge in [-0.05, 0) is 59.0 Å². The number of imide groups is 1. The molecule has 26 heteroatoms. The fourth-order valence-electron chi connectivity index (χ4n) is 9.75. The number of nitrogens with two attached hydrogens (primary N) is 1. The number of hydrogen-bond acceptors (Lipinski definition) is 16. The number of aryl methyl sites for hydroxylation is 1. The quantitative estimate of drug-likeness (QED) is 0.0201. The maximum atomic E-state index is 13.5. The van der Waals surface area contributed by atoms with Gasteiger partial charge < -0.3 is 72.8 Å². The van der Waals surface area contributed by atoms with E-state index in [0.717, 1.165) is 28.8 Å². The van der Waals surface area contributed by atoms with Crippen molar-refractivity contribution >= 4 is 63.7 Å². The highest BCUT2D eigenvalue weighted by Gasteiger charge is 2.49. The lowest BCUT2D eigenvalue weighted by Gasteiger charge is -2.38. The Morgan fingerprint density at radius 1 is 0.864 bits per heavy atom. The zero-order valence-electron chi connectivity index (χ0n) is 44.1. The van der Waals surface area contributed by atoms with Gasteiger partial charge in [0, 0.05) is 54.7 Å². The van der Waals surface area contributed by atoms with Crippen LogP contribution in [-0.2, 0) is 80.3 Å². The van der Waals surface area contributed by atoms with Crippen LogP contribution in [0.5, 0.6) is 5.75 Å². The van der Waals surface area contributed by atoms with Gasteiger partial charge in [-0.3, -0.25) is 33.4 Å². The van der Waals surface area contributed by atoms with Gasteiger partial charge in [0.1, 0.15) is 29.4 Å². The molecule has 432 valence electrons. The van der Waals surface area contributed by atoms with E-state index in [9.17, 15) is 62.4 Å². The molecule has 5 atom stereocenters. The number of nitrogens with one attached hydrogen (secondary N) is 2. The smallest absolute Gasteiger partial charge is 0.416 e. The second-order valence-corrected chi connectivity index (χ2v) is 19.4. The second-order valence-electron chi connectivity index (χ2n) is 19.4. The molecule has 0 radical (unpaired) electrons. The number of likely N-dealkylation sites (tertiary alicyclic amines) is 1. The maximum absolute atomic E-state index is 13.5. The molecule has 23 nitrogen and oxygen atoms in total. The van der Waals surface area contributed by atoms with E-state index in [0.29, 0.717) is 52.8 Å². The Kier molecular flexibility index (Phi) is 18.5. The third-order valence-corrected chi connectivity index (χ3v) is 13.9. The Morgan fingerprint density at radius 2 is 1.58 bits per heavy atom. The lowest BCUT2D eigenvalue weighted by molar-refractivity contribution is -0.667. The molecule has 4 aliphatic rings. The molecule has 1 saturated heterocycles. The number of halogens is 3. The zero-order chi connectivity index (χ0) is 57.0. The number of carboxylic acid groups (broad SMARTS) is 1. The molecule has 3 aromatic carbocycles. The standard InChI is InChI=1S/C54H57F3N8O15.CH3/c1-62-27-36(31-6-7-38-32(24-31)10-13-64(38)42(68)23-29-3-2-4-33(21-29)54(55,56)57)43-48(58)60-28-63(49(43)62)26-30-5-8-39(79-53-46(71)44(69)45(70)47(80-53)52(74)75)37(22-30)61-41(67)9-12-59-40(66)11-15-76-17-19-78-20-18-77-16-14-65-50(72)34-25-35(34)51(65)73;/h2-8,21-22,24,27-28,44-47,53,58,69-71H,9-20,23,25-26H2,1H3,(H3,59,61,66,67,74,75);1H3/q;-1/p+1/t44-,45-,46+,47-,53+;/m0./s1. The molecule has 0 spiro atoms. The largest absolute Gasteiger partial charge is 0.479 e. The summed E-state index contributed by atoms with van der Waals surface area (Å²) < 4.78 is 71.4. The molecule has 81 heavy (non-hydrogen) atoms. The number of rotatable bonds is 24. The summed E-state index contributed by atoms with van der Waals surface area (Å²) in [6.45, 7) is 1.73. The Bertz CT molecular complexity index is 3240. The Labute approximate surface area is 461 Å². The minimum absolute atomic E-state index is 0. The molecular formula is C55H61F3N8O15. The average molecular weight is 1130 g/mol. The number of ether oxygens (including phenoxy) is 5. The number of alkyl halides is 3. The molecule has 1 fully saturated rings. The van der Waals surface area contributed by atoms with Crippen molar-refractivity contribution in [3.63, 3.8) is 0 Å². The number of aliphatic hydroxyl groups is 3. The van der Waals surface area contributed by atoms with Crippen molar-refractivity contribution < 1.29 is 90.6 Å². The molecule has 2 aromatic heterocycles. The number of amides is 5. The van der Waals surface area contributed by atoms with Crippen LogP contribution >= 0.6 is 0 Å². The van der Waals surface area contributed by atoms with Gasteiger partial charge in [-0.15, -0.1) is 0 Å².